The van der Waals surface area contributed by atoms with E-state index in [0.29, 0.717) is 44.0 Å². The molecule has 0 heterocycles. The van der Waals surface area contributed by atoms with Crippen molar-refractivity contribution >= 4 is 5.97 Å². The molecule has 0 amide bonds. The van der Waals surface area contributed by atoms with Crippen LogP contribution in [0.1, 0.15) is 80.6 Å². The maximum absolute atomic E-state index is 12.5. The predicted octanol–water partition coefficient (Wildman–Crippen LogP) is 4.75. The molecule has 6 unspecified atom stereocenters. The molecule has 0 spiro atoms. The summed E-state index contributed by atoms with van der Waals surface area (Å²) in [4.78, 5) is 12.5. The van der Waals surface area contributed by atoms with E-state index in [2.05, 4.69) is 20.4 Å². The Kier molecular flexibility index (Phi) is 7.93. The number of fused-ring (bicyclic) bond motifs is 2. The molecule has 0 N–H and O–H groups in total. The van der Waals surface area contributed by atoms with Crippen LogP contribution >= 0.6 is 0 Å². The van der Waals surface area contributed by atoms with E-state index in [-0.39, 0.29) is 18.5 Å². The summed E-state index contributed by atoms with van der Waals surface area (Å²) in [6.45, 7) is 18.6. The minimum Gasteiger partial charge on any atom is -0.455 e. The van der Waals surface area contributed by atoms with Crippen molar-refractivity contribution in [2.24, 2.45) is 5.92 Å². The predicted molar refractivity (Wildman–Crippen MR) is 111 cm³/mol. The van der Waals surface area contributed by atoms with Crippen molar-refractivity contribution in [2.75, 3.05) is 13.2 Å². The molecule has 2 fully saturated rings. The maximum Gasteiger partial charge on any atom is 0.333 e. The second-order valence-electron chi connectivity index (χ2n) is 9.31. The topological polar surface area (TPSA) is 63.2 Å². The third-order valence-electron chi connectivity index (χ3n) is 5.80. The van der Waals surface area contributed by atoms with Gasteiger partial charge >= 0.3 is 5.97 Å². The van der Waals surface area contributed by atoms with Gasteiger partial charge in [-0.1, -0.05) is 13.5 Å². The number of rotatable bonds is 10. The molecule has 0 radical (unpaired) electrons. The van der Waals surface area contributed by atoms with Crippen molar-refractivity contribution in [2.45, 2.75) is 110 Å². The smallest absolute Gasteiger partial charge is 0.333 e. The fourth-order valence-electron chi connectivity index (χ4n) is 5.67. The molecule has 2 aliphatic rings. The lowest BCUT2D eigenvalue weighted by Crippen LogP contribution is -2.63. The minimum absolute atomic E-state index is 0.341. The Labute approximate surface area is 176 Å². The quantitative estimate of drug-likeness (QED) is 0.293. The van der Waals surface area contributed by atoms with Crippen LogP contribution in [0.4, 0.5) is 0 Å². The lowest BCUT2D eigenvalue weighted by molar-refractivity contribution is -0.302. The van der Waals surface area contributed by atoms with E-state index in [4.69, 9.17) is 23.7 Å². The zero-order valence-electron chi connectivity index (χ0n) is 19.3. The largest absolute Gasteiger partial charge is 0.455 e. The number of hydrogen-bond acceptors (Lipinski definition) is 6. The summed E-state index contributed by atoms with van der Waals surface area (Å²) in [5, 5.41) is 0. The van der Waals surface area contributed by atoms with Gasteiger partial charge in [-0.05, 0) is 60.3 Å². The summed E-state index contributed by atoms with van der Waals surface area (Å²) in [7, 11) is 0. The van der Waals surface area contributed by atoms with Crippen LogP contribution in [0.5, 0.6) is 0 Å². The average Bonchev–Trinajstić information content (AvgIpc) is 2.51. The molecule has 0 aromatic rings. The number of hydrogen-bond donors (Lipinski definition) is 0. The van der Waals surface area contributed by atoms with Gasteiger partial charge in [0.25, 0.3) is 0 Å². The standard InChI is InChI=1S/C23H40O6/c1-9-25-18(6)27-21(8)13-22(28-19(7)26-10-2)11-17(5)12-23(14-21,15-22)29-20(24)16(3)4/h17-19H,3,9-15H2,1-2,4-8H3. The molecule has 2 saturated carbocycles. The van der Waals surface area contributed by atoms with Gasteiger partial charge in [0.1, 0.15) is 5.60 Å². The van der Waals surface area contributed by atoms with Gasteiger partial charge in [-0.15, -0.1) is 0 Å². The van der Waals surface area contributed by atoms with Crippen LogP contribution in [0.25, 0.3) is 0 Å². The molecule has 2 aliphatic carbocycles. The van der Waals surface area contributed by atoms with E-state index in [9.17, 15) is 4.79 Å². The van der Waals surface area contributed by atoms with Crippen molar-refractivity contribution in [3.63, 3.8) is 0 Å². The molecule has 168 valence electrons. The van der Waals surface area contributed by atoms with Crippen molar-refractivity contribution < 1.29 is 28.5 Å². The van der Waals surface area contributed by atoms with E-state index < -0.39 is 16.8 Å². The summed E-state index contributed by atoms with van der Waals surface area (Å²) < 4.78 is 30.3. The Morgan fingerprint density at radius 2 is 1.52 bits per heavy atom. The van der Waals surface area contributed by atoms with Gasteiger partial charge in [-0.25, -0.2) is 4.79 Å². The molecule has 2 rings (SSSR count). The second-order valence-corrected chi connectivity index (χ2v) is 9.31. The highest BCUT2D eigenvalue weighted by Gasteiger charge is 2.60. The first-order valence-electron chi connectivity index (χ1n) is 10.9. The molecule has 6 nitrogen and oxygen atoms in total. The maximum atomic E-state index is 12.5. The van der Waals surface area contributed by atoms with Gasteiger partial charge in [0.15, 0.2) is 12.6 Å². The van der Waals surface area contributed by atoms with Crippen molar-refractivity contribution in [1.82, 2.24) is 0 Å². The van der Waals surface area contributed by atoms with Crippen molar-refractivity contribution in [3.8, 4) is 0 Å². The molecule has 6 atom stereocenters. The van der Waals surface area contributed by atoms with Gasteiger partial charge in [0, 0.05) is 38.0 Å². The van der Waals surface area contributed by atoms with Crippen molar-refractivity contribution in [1.29, 1.82) is 0 Å². The number of ether oxygens (including phenoxy) is 5. The Morgan fingerprint density at radius 3 is 2.07 bits per heavy atom. The first-order chi connectivity index (χ1) is 13.5. The molecular formula is C23H40O6. The average molecular weight is 413 g/mol. The molecule has 0 aliphatic heterocycles. The fraction of sp³-hybridized carbons (Fsp3) is 0.870. The zero-order chi connectivity index (χ0) is 21.9. The van der Waals surface area contributed by atoms with Gasteiger partial charge < -0.3 is 23.7 Å². The summed E-state index contributed by atoms with van der Waals surface area (Å²) in [5.74, 6) is -0.00248. The third-order valence-corrected chi connectivity index (χ3v) is 5.80. The van der Waals surface area contributed by atoms with Crippen LogP contribution in [0.15, 0.2) is 12.2 Å². The summed E-state index contributed by atoms with van der Waals surface area (Å²) in [6, 6.07) is 0. The summed E-state index contributed by atoms with van der Waals surface area (Å²) >= 11 is 0. The second kappa shape index (κ2) is 9.46. The molecule has 0 aromatic carbocycles. The zero-order valence-corrected chi connectivity index (χ0v) is 19.3. The van der Waals surface area contributed by atoms with E-state index in [1.807, 2.05) is 27.7 Å². The Hall–Kier alpha value is -0.950. The van der Waals surface area contributed by atoms with Crippen LogP contribution in [-0.2, 0) is 28.5 Å². The number of carbonyl (C=O) groups excluding carboxylic acids is 1. The summed E-state index contributed by atoms with van der Waals surface area (Å²) in [6.07, 6.45) is 2.91. The van der Waals surface area contributed by atoms with Crippen molar-refractivity contribution in [3.05, 3.63) is 12.2 Å². The monoisotopic (exact) mass is 412 g/mol. The SMILES string of the molecule is C=C(C)C(=O)OC12CC(C)CC(OC(C)OCC)(CC(C)(OC(C)OCC)C1)C2. The van der Waals surface area contributed by atoms with E-state index in [1.54, 1.807) is 6.92 Å². The van der Waals surface area contributed by atoms with Crippen LogP contribution < -0.4 is 0 Å². The molecule has 29 heavy (non-hydrogen) atoms. The fourth-order valence-corrected chi connectivity index (χ4v) is 5.67. The normalized spacial score (nSPS) is 36.3. The molecule has 0 saturated heterocycles. The molecule has 0 aromatic heterocycles. The van der Waals surface area contributed by atoms with Crippen LogP contribution in [-0.4, -0.2) is 48.6 Å². The lowest BCUT2D eigenvalue weighted by atomic mass is 9.58. The van der Waals surface area contributed by atoms with Crippen LogP contribution in [0.3, 0.4) is 0 Å². The Morgan fingerprint density at radius 1 is 1.00 bits per heavy atom. The van der Waals surface area contributed by atoms with Gasteiger partial charge in [-0.2, -0.15) is 0 Å². The highest BCUT2D eigenvalue weighted by atomic mass is 16.7. The lowest BCUT2D eigenvalue weighted by Gasteiger charge is -2.58. The Balaban J connectivity index is 2.38. The van der Waals surface area contributed by atoms with Gasteiger partial charge in [-0.3, -0.25) is 0 Å². The summed E-state index contributed by atoms with van der Waals surface area (Å²) in [5.41, 5.74) is -1.28. The molecule has 6 heteroatoms. The van der Waals surface area contributed by atoms with E-state index >= 15 is 0 Å². The highest BCUT2D eigenvalue weighted by Crippen LogP contribution is 2.56. The number of carbonyl (C=O) groups is 1. The first-order valence-corrected chi connectivity index (χ1v) is 10.9. The Bertz CT molecular complexity index is 588. The molecular weight excluding hydrogens is 372 g/mol. The van der Waals surface area contributed by atoms with E-state index in [0.717, 1.165) is 12.8 Å². The molecule has 2 bridgehead atoms. The van der Waals surface area contributed by atoms with Crippen LogP contribution in [0, 0.1) is 5.92 Å². The van der Waals surface area contributed by atoms with Crippen LogP contribution in [0.2, 0.25) is 0 Å². The minimum atomic E-state index is -0.654. The third kappa shape index (κ3) is 6.27. The van der Waals surface area contributed by atoms with Gasteiger partial charge in [0.2, 0.25) is 0 Å². The van der Waals surface area contributed by atoms with Gasteiger partial charge in [0.05, 0.1) is 11.2 Å². The number of esters is 1. The first kappa shape index (κ1) is 24.3. The van der Waals surface area contributed by atoms with E-state index in [1.165, 1.54) is 0 Å². The highest BCUT2D eigenvalue weighted by molar-refractivity contribution is 5.87.